The van der Waals surface area contributed by atoms with Crippen molar-refractivity contribution in [3.05, 3.63) is 23.2 Å². The lowest BCUT2D eigenvalue weighted by Crippen LogP contribution is -1.88. The second kappa shape index (κ2) is 2.49. The molecular formula is C9H14O. The standard InChI is InChI=1S/C9H14O/c1-6(2)9-7(3)5-10-8(9)4/h5-6H,1-4H3. The van der Waals surface area contributed by atoms with E-state index in [9.17, 15) is 0 Å². The van der Waals surface area contributed by atoms with Crippen molar-refractivity contribution in [1.82, 2.24) is 0 Å². The molecule has 0 aromatic carbocycles. The Balaban J connectivity index is 3.10. The molecule has 0 fully saturated rings. The summed E-state index contributed by atoms with van der Waals surface area (Å²) < 4.78 is 5.26. The summed E-state index contributed by atoms with van der Waals surface area (Å²) in [7, 11) is 0. The third kappa shape index (κ3) is 1.08. The molecule has 1 heterocycles. The second-order valence-electron chi connectivity index (χ2n) is 3.04. The summed E-state index contributed by atoms with van der Waals surface area (Å²) in [5, 5.41) is 0. The normalized spacial score (nSPS) is 10.9. The van der Waals surface area contributed by atoms with Crippen LogP contribution in [0.3, 0.4) is 0 Å². The molecular weight excluding hydrogens is 124 g/mol. The van der Waals surface area contributed by atoms with Crippen molar-refractivity contribution in [2.24, 2.45) is 0 Å². The van der Waals surface area contributed by atoms with Gasteiger partial charge in [0.15, 0.2) is 0 Å². The fourth-order valence-electron chi connectivity index (χ4n) is 1.44. The summed E-state index contributed by atoms with van der Waals surface area (Å²) in [5.41, 5.74) is 2.63. The molecule has 0 N–H and O–H groups in total. The van der Waals surface area contributed by atoms with Crippen molar-refractivity contribution in [3.63, 3.8) is 0 Å². The summed E-state index contributed by atoms with van der Waals surface area (Å²) in [6, 6.07) is 0. The third-order valence-electron chi connectivity index (χ3n) is 1.79. The van der Waals surface area contributed by atoms with Crippen LogP contribution in [0.15, 0.2) is 10.7 Å². The van der Waals surface area contributed by atoms with Gasteiger partial charge in [0.1, 0.15) is 5.76 Å². The van der Waals surface area contributed by atoms with E-state index in [0.717, 1.165) is 5.76 Å². The smallest absolute Gasteiger partial charge is 0.104 e. The summed E-state index contributed by atoms with van der Waals surface area (Å²) >= 11 is 0. The van der Waals surface area contributed by atoms with Gasteiger partial charge in [-0.15, -0.1) is 0 Å². The van der Waals surface area contributed by atoms with E-state index in [2.05, 4.69) is 20.8 Å². The molecule has 1 rings (SSSR count). The number of aryl methyl sites for hydroxylation is 2. The third-order valence-corrected chi connectivity index (χ3v) is 1.79. The minimum absolute atomic E-state index is 0.582. The average Bonchev–Trinajstić information content (AvgIpc) is 2.11. The van der Waals surface area contributed by atoms with Crippen molar-refractivity contribution >= 4 is 0 Å². The van der Waals surface area contributed by atoms with Gasteiger partial charge in [-0.1, -0.05) is 13.8 Å². The topological polar surface area (TPSA) is 13.1 Å². The first-order chi connectivity index (χ1) is 4.63. The average molecular weight is 138 g/mol. The molecule has 0 bridgehead atoms. The van der Waals surface area contributed by atoms with Crippen LogP contribution in [0.1, 0.15) is 36.7 Å². The van der Waals surface area contributed by atoms with Gasteiger partial charge in [0, 0.05) is 0 Å². The van der Waals surface area contributed by atoms with Gasteiger partial charge in [-0.05, 0) is 30.9 Å². The van der Waals surface area contributed by atoms with Gasteiger partial charge >= 0.3 is 0 Å². The van der Waals surface area contributed by atoms with Gasteiger partial charge in [0.25, 0.3) is 0 Å². The van der Waals surface area contributed by atoms with Gasteiger partial charge < -0.3 is 4.42 Å². The molecule has 1 aromatic rings. The molecule has 0 atom stereocenters. The Bertz CT molecular complexity index is 201. The molecule has 10 heavy (non-hydrogen) atoms. The highest BCUT2D eigenvalue weighted by Gasteiger charge is 2.09. The highest BCUT2D eigenvalue weighted by Crippen LogP contribution is 2.23. The molecule has 0 saturated carbocycles. The van der Waals surface area contributed by atoms with E-state index in [0.29, 0.717) is 5.92 Å². The first-order valence-corrected chi connectivity index (χ1v) is 3.67. The molecule has 56 valence electrons. The molecule has 0 aliphatic carbocycles. The fraction of sp³-hybridized carbons (Fsp3) is 0.556. The van der Waals surface area contributed by atoms with Crippen molar-refractivity contribution in [1.29, 1.82) is 0 Å². The zero-order chi connectivity index (χ0) is 7.72. The van der Waals surface area contributed by atoms with Crippen molar-refractivity contribution < 1.29 is 4.42 Å². The highest BCUT2D eigenvalue weighted by molar-refractivity contribution is 5.28. The Kier molecular flexibility index (Phi) is 1.84. The van der Waals surface area contributed by atoms with E-state index in [1.54, 1.807) is 0 Å². The minimum Gasteiger partial charge on any atom is -0.469 e. The highest BCUT2D eigenvalue weighted by atomic mass is 16.3. The van der Waals surface area contributed by atoms with Crippen LogP contribution >= 0.6 is 0 Å². The molecule has 0 radical (unpaired) electrons. The van der Waals surface area contributed by atoms with Crippen molar-refractivity contribution in [3.8, 4) is 0 Å². The molecule has 0 unspecified atom stereocenters. The maximum atomic E-state index is 5.26. The molecule has 0 aliphatic heterocycles. The van der Waals surface area contributed by atoms with Crippen LogP contribution in [0.25, 0.3) is 0 Å². The van der Waals surface area contributed by atoms with Crippen LogP contribution < -0.4 is 0 Å². The predicted molar refractivity (Wildman–Crippen MR) is 42.3 cm³/mol. The number of furan rings is 1. The Morgan fingerprint density at radius 3 is 2.10 bits per heavy atom. The lowest BCUT2D eigenvalue weighted by Gasteiger charge is -2.02. The van der Waals surface area contributed by atoms with Gasteiger partial charge in [-0.3, -0.25) is 0 Å². The summed E-state index contributed by atoms with van der Waals surface area (Å²) in [4.78, 5) is 0. The van der Waals surface area contributed by atoms with Crippen LogP contribution in [0.2, 0.25) is 0 Å². The zero-order valence-electron chi connectivity index (χ0n) is 7.06. The van der Waals surface area contributed by atoms with E-state index in [-0.39, 0.29) is 0 Å². The van der Waals surface area contributed by atoms with Crippen molar-refractivity contribution in [2.45, 2.75) is 33.6 Å². The summed E-state index contributed by atoms with van der Waals surface area (Å²) in [6.45, 7) is 8.48. The van der Waals surface area contributed by atoms with E-state index in [1.807, 2.05) is 13.2 Å². The molecule has 0 amide bonds. The minimum atomic E-state index is 0.582. The quantitative estimate of drug-likeness (QED) is 0.581. The SMILES string of the molecule is Cc1coc(C)c1C(C)C. The van der Waals surface area contributed by atoms with Gasteiger partial charge in [0.2, 0.25) is 0 Å². The van der Waals surface area contributed by atoms with E-state index in [4.69, 9.17) is 4.42 Å². The van der Waals surface area contributed by atoms with Crippen LogP contribution in [-0.4, -0.2) is 0 Å². The van der Waals surface area contributed by atoms with Crippen molar-refractivity contribution in [2.75, 3.05) is 0 Å². The summed E-state index contributed by atoms with van der Waals surface area (Å²) in [5.74, 6) is 1.64. The molecule has 1 nitrogen and oxygen atoms in total. The number of rotatable bonds is 1. The molecule has 0 spiro atoms. The Morgan fingerprint density at radius 1 is 1.30 bits per heavy atom. The lowest BCUT2D eigenvalue weighted by atomic mass is 10.0. The first kappa shape index (κ1) is 7.39. The maximum Gasteiger partial charge on any atom is 0.104 e. The van der Waals surface area contributed by atoms with Crippen LogP contribution in [0.4, 0.5) is 0 Å². The van der Waals surface area contributed by atoms with Gasteiger partial charge in [0.05, 0.1) is 6.26 Å². The number of hydrogen-bond acceptors (Lipinski definition) is 1. The summed E-state index contributed by atoms with van der Waals surface area (Å²) in [6.07, 6.45) is 1.82. The number of hydrogen-bond donors (Lipinski definition) is 0. The first-order valence-electron chi connectivity index (χ1n) is 3.67. The fourth-order valence-corrected chi connectivity index (χ4v) is 1.44. The monoisotopic (exact) mass is 138 g/mol. The van der Waals surface area contributed by atoms with Crippen LogP contribution in [0, 0.1) is 13.8 Å². The Morgan fingerprint density at radius 2 is 1.90 bits per heavy atom. The van der Waals surface area contributed by atoms with Crippen LogP contribution in [-0.2, 0) is 0 Å². The zero-order valence-corrected chi connectivity index (χ0v) is 7.06. The molecule has 0 saturated heterocycles. The van der Waals surface area contributed by atoms with E-state index in [1.165, 1.54) is 11.1 Å². The predicted octanol–water partition coefficient (Wildman–Crippen LogP) is 3.02. The largest absolute Gasteiger partial charge is 0.469 e. The van der Waals surface area contributed by atoms with Gasteiger partial charge in [-0.25, -0.2) is 0 Å². The second-order valence-corrected chi connectivity index (χ2v) is 3.04. The van der Waals surface area contributed by atoms with E-state index >= 15 is 0 Å². The van der Waals surface area contributed by atoms with Crippen LogP contribution in [0.5, 0.6) is 0 Å². The molecule has 1 aromatic heterocycles. The lowest BCUT2D eigenvalue weighted by molar-refractivity contribution is 0.526. The molecule has 1 heteroatoms. The Labute approximate surface area is 62.1 Å². The molecule has 0 aliphatic rings. The van der Waals surface area contributed by atoms with Gasteiger partial charge in [-0.2, -0.15) is 0 Å². The maximum absolute atomic E-state index is 5.26. The Hall–Kier alpha value is -0.720. The van der Waals surface area contributed by atoms with E-state index < -0.39 is 0 Å².